The molecule has 1 aromatic rings. The van der Waals surface area contributed by atoms with E-state index in [1.54, 1.807) is 23.1 Å². The maximum absolute atomic E-state index is 12.2. The first kappa shape index (κ1) is 15.4. The Hall–Kier alpha value is -0.970. The number of hydrogen-bond acceptors (Lipinski definition) is 2. The van der Waals surface area contributed by atoms with E-state index in [4.69, 9.17) is 23.2 Å². The van der Waals surface area contributed by atoms with Crippen LogP contribution in [0.2, 0.25) is 10.0 Å². The van der Waals surface area contributed by atoms with Gasteiger partial charge in [-0.3, -0.25) is 4.90 Å². The van der Waals surface area contributed by atoms with Crippen molar-refractivity contribution in [2.45, 2.75) is 13.3 Å². The molecule has 20 heavy (non-hydrogen) atoms. The molecule has 0 atom stereocenters. The Bertz CT molecular complexity index is 453. The van der Waals surface area contributed by atoms with Crippen LogP contribution >= 0.6 is 23.2 Å². The summed E-state index contributed by atoms with van der Waals surface area (Å²) in [7, 11) is 0. The fourth-order valence-corrected chi connectivity index (χ4v) is 2.79. The van der Waals surface area contributed by atoms with Crippen molar-refractivity contribution < 1.29 is 4.79 Å². The van der Waals surface area contributed by atoms with E-state index < -0.39 is 0 Å². The van der Waals surface area contributed by atoms with Crippen LogP contribution in [0, 0.1) is 0 Å². The van der Waals surface area contributed by atoms with Crippen LogP contribution < -0.4 is 5.32 Å². The topological polar surface area (TPSA) is 35.6 Å². The minimum absolute atomic E-state index is 0.142. The number of carbonyl (C=O) groups is 1. The van der Waals surface area contributed by atoms with Crippen molar-refractivity contribution >= 4 is 34.9 Å². The summed E-state index contributed by atoms with van der Waals surface area (Å²) in [5.41, 5.74) is 0.483. The van der Waals surface area contributed by atoms with Crippen LogP contribution in [0.3, 0.4) is 0 Å². The summed E-state index contributed by atoms with van der Waals surface area (Å²) in [6.07, 6.45) is 1.14. The number of anilines is 1. The van der Waals surface area contributed by atoms with Crippen LogP contribution in [-0.4, -0.2) is 48.6 Å². The lowest BCUT2D eigenvalue weighted by Gasteiger charge is -2.34. The smallest absolute Gasteiger partial charge is 0.322 e. The van der Waals surface area contributed by atoms with Crippen molar-refractivity contribution in [2.24, 2.45) is 0 Å². The van der Waals surface area contributed by atoms with Gasteiger partial charge in [0.05, 0.1) is 15.7 Å². The molecule has 1 aliphatic rings. The molecule has 0 unspecified atom stereocenters. The lowest BCUT2D eigenvalue weighted by atomic mass is 10.3. The number of urea groups is 1. The number of amides is 2. The molecular weight excluding hydrogens is 297 g/mol. The van der Waals surface area contributed by atoms with Crippen molar-refractivity contribution in [3.63, 3.8) is 0 Å². The third-order valence-corrected chi connectivity index (χ3v) is 4.02. The van der Waals surface area contributed by atoms with Crippen LogP contribution in [0.5, 0.6) is 0 Å². The molecule has 6 heteroatoms. The maximum atomic E-state index is 12.2. The standard InChI is InChI=1S/C14H19Cl2N3O/c1-2-6-18-7-9-19(10-8-18)14(20)17-13-11(15)4-3-5-12(13)16/h3-5H,2,6-10H2,1H3,(H,17,20). The molecule has 2 rings (SSSR count). The van der Waals surface area contributed by atoms with Crippen molar-refractivity contribution in [3.05, 3.63) is 28.2 Å². The van der Waals surface area contributed by atoms with Gasteiger partial charge in [0.15, 0.2) is 0 Å². The molecule has 0 radical (unpaired) electrons. The second kappa shape index (κ2) is 7.16. The first-order valence-corrected chi connectivity index (χ1v) is 7.59. The van der Waals surface area contributed by atoms with Gasteiger partial charge in [-0.2, -0.15) is 0 Å². The Balaban J connectivity index is 1.93. The van der Waals surface area contributed by atoms with Crippen molar-refractivity contribution in [1.82, 2.24) is 9.80 Å². The van der Waals surface area contributed by atoms with E-state index in [-0.39, 0.29) is 6.03 Å². The Morgan fingerprint density at radius 2 is 1.80 bits per heavy atom. The highest BCUT2D eigenvalue weighted by Crippen LogP contribution is 2.30. The van der Waals surface area contributed by atoms with Gasteiger partial charge in [0, 0.05) is 26.2 Å². The normalized spacial score (nSPS) is 16.2. The van der Waals surface area contributed by atoms with Crippen molar-refractivity contribution in [2.75, 3.05) is 38.0 Å². The Kier molecular flexibility index (Phi) is 5.52. The molecule has 1 heterocycles. The number of carbonyl (C=O) groups excluding carboxylic acids is 1. The van der Waals surface area contributed by atoms with E-state index in [1.807, 2.05) is 0 Å². The van der Waals surface area contributed by atoms with Crippen LogP contribution in [0.4, 0.5) is 10.5 Å². The van der Waals surface area contributed by atoms with Crippen molar-refractivity contribution in [3.8, 4) is 0 Å². The van der Waals surface area contributed by atoms with Gasteiger partial charge in [-0.15, -0.1) is 0 Å². The van der Waals surface area contributed by atoms with Gasteiger partial charge in [-0.1, -0.05) is 36.2 Å². The van der Waals surface area contributed by atoms with E-state index in [9.17, 15) is 4.79 Å². The van der Waals surface area contributed by atoms with Gasteiger partial charge in [-0.05, 0) is 25.1 Å². The number of nitrogens with one attached hydrogen (secondary N) is 1. The zero-order valence-electron chi connectivity index (χ0n) is 11.5. The van der Waals surface area contributed by atoms with Gasteiger partial charge in [0.2, 0.25) is 0 Å². The van der Waals surface area contributed by atoms with Crippen molar-refractivity contribution in [1.29, 1.82) is 0 Å². The Morgan fingerprint density at radius 1 is 1.20 bits per heavy atom. The molecule has 2 amide bonds. The molecular formula is C14H19Cl2N3O. The molecule has 0 spiro atoms. The summed E-state index contributed by atoms with van der Waals surface area (Å²) in [5, 5.41) is 3.71. The molecule has 1 aliphatic heterocycles. The molecule has 0 saturated carbocycles. The third-order valence-electron chi connectivity index (χ3n) is 3.39. The van der Waals surface area contributed by atoms with E-state index in [0.717, 1.165) is 39.1 Å². The summed E-state index contributed by atoms with van der Waals surface area (Å²) in [6.45, 7) is 6.54. The van der Waals surface area contributed by atoms with Gasteiger partial charge >= 0.3 is 6.03 Å². The lowest BCUT2D eigenvalue weighted by Crippen LogP contribution is -2.50. The maximum Gasteiger partial charge on any atom is 0.322 e. The Labute approximate surface area is 129 Å². The van der Waals surface area contributed by atoms with E-state index in [2.05, 4.69) is 17.1 Å². The van der Waals surface area contributed by atoms with E-state index in [1.165, 1.54) is 0 Å². The highest BCUT2D eigenvalue weighted by Gasteiger charge is 2.21. The Morgan fingerprint density at radius 3 is 2.35 bits per heavy atom. The summed E-state index contributed by atoms with van der Waals surface area (Å²) in [5.74, 6) is 0. The second-order valence-electron chi connectivity index (χ2n) is 4.86. The van der Waals surface area contributed by atoms with Gasteiger partial charge in [0.1, 0.15) is 0 Å². The average molecular weight is 316 g/mol. The highest BCUT2D eigenvalue weighted by atomic mass is 35.5. The van der Waals surface area contributed by atoms with Gasteiger partial charge in [-0.25, -0.2) is 4.79 Å². The van der Waals surface area contributed by atoms with Gasteiger partial charge < -0.3 is 10.2 Å². The lowest BCUT2D eigenvalue weighted by molar-refractivity contribution is 0.147. The predicted octanol–water partition coefficient (Wildman–Crippen LogP) is 3.55. The zero-order chi connectivity index (χ0) is 14.5. The average Bonchev–Trinajstić information content (AvgIpc) is 2.44. The molecule has 1 aromatic carbocycles. The molecule has 0 bridgehead atoms. The fourth-order valence-electron chi connectivity index (χ4n) is 2.29. The number of para-hydroxylation sites is 1. The number of rotatable bonds is 3. The molecule has 1 fully saturated rings. The summed E-state index contributed by atoms with van der Waals surface area (Å²) in [6, 6.07) is 5.03. The minimum atomic E-state index is -0.142. The fraction of sp³-hybridized carbons (Fsp3) is 0.500. The molecule has 4 nitrogen and oxygen atoms in total. The van der Waals surface area contributed by atoms with Crippen LogP contribution in [0.25, 0.3) is 0 Å². The van der Waals surface area contributed by atoms with Gasteiger partial charge in [0.25, 0.3) is 0 Å². The van der Waals surface area contributed by atoms with E-state index in [0.29, 0.717) is 15.7 Å². The quantitative estimate of drug-likeness (QED) is 0.925. The first-order valence-electron chi connectivity index (χ1n) is 6.84. The monoisotopic (exact) mass is 315 g/mol. The summed E-state index contributed by atoms with van der Waals surface area (Å²) < 4.78 is 0. The minimum Gasteiger partial charge on any atom is -0.322 e. The SMILES string of the molecule is CCCN1CCN(C(=O)Nc2c(Cl)cccc2Cl)CC1. The molecule has 1 N–H and O–H groups in total. The number of nitrogens with zero attached hydrogens (tertiary/aromatic N) is 2. The number of halogens is 2. The van der Waals surface area contributed by atoms with Crippen LogP contribution in [-0.2, 0) is 0 Å². The molecule has 110 valence electrons. The third kappa shape index (κ3) is 3.78. The largest absolute Gasteiger partial charge is 0.322 e. The zero-order valence-corrected chi connectivity index (χ0v) is 13.0. The first-order chi connectivity index (χ1) is 9.61. The number of hydrogen-bond donors (Lipinski definition) is 1. The predicted molar refractivity (Wildman–Crippen MR) is 83.8 cm³/mol. The van der Waals surface area contributed by atoms with Crippen LogP contribution in [0.15, 0.2) is 18.2 Å². The van der Waals surface area contributed by atoms with E-state index >= 15 is 0 Å². The molecule has 0 aromatic heterocycles. The highest BCUT2D eigenvalue weighted by molar-refractivity contribution is 6.39. The second-order valence-corrected chi connectivity index (χ2v) is 5.67. The molecule has 1 saturated heterocycles. The molecule has 0 aliphatic carbocycles. The van der Waals surface area contributed by atoms with Crippen LogP contribution in [0.1, 0.15) is 13.3 Å². The summed E-state index contributed by atoms with van der Waals surface area (Å²) in [4.78, 5) is 16.4. The number of piperazine rings is 1. The number of benzene rings is 1. The summed E-state index contributed by atoms with van der Waals surface area (Å²) >= 11 is 12.1.